The van der Waals surface area contributed by atoms with Gasteiger partial charge in [0.25, 0.3) is 0 Å². The normalized spacial score (nSPS) is 13.6. The molecule has 4 nitrogen and oxygen atoms in total. The number of benzene rings is 2. The van der Waals surface area contributed by atoms with Crippen LogP contribution in [0.2, 0.25) is 6.55 Å². The lowest BCUT2D eigenvalue weighted by Crippen LogP contribution is -2.26. The Kier molecular flexibility index (Phi) is 12.8. The second-order valence-corrected chi connectivity index (χ2v) is 10.2. The summed E-state index contributed by atoms with van der Waals surface area (Å²) >= 11 is 0. The van der Waals surface area contributed by atoms with Gasteiger partial charge in [0.1, 0.15) is 0 Å². The Balaban J connectivity index is 1.82. The second-order valence-electron chi connectivity index (χ2n) is 7.71. The molecule has 0 aliphatic heterocycles. The van der Waals surface area contributed by atoms with E-state index in [-0.39, 0.29) is 0 Å². The molecule has 0 spiro atoms. The highest BCUT2D eigenvalue weighted by molar-refractivity contribution is 6.68. The maximum Gasteiger partial charge on any atom is 0.356 e. The third-order valence-corrected chi connectivity index (χ3v) is 5.24. The molecule has 0 aliphatic carbocycles. The van der Waals surface area contributed by atoms with Crippen molar-refractivity contribution in [1.82, 2.24) is 0 Å². The molecular weight excluding hydrogens is 460 g/mol. The summed E-state index contributed by atoms with van der Waals surface area (Å²) in [6, 6.07) is 15.6. The fourth-order valence-corrected chi connectivity index (χ4v) is 3.12. The molecule has 36 heavy (non-hydrogen) atoms. The molecule has 0 aliphatic rings. The highest BCUT2D eigenvalue weighted by atomic mass is 28.4. The van der Waals surface area contributed by atoms with Gasteiger partial charge < -0.3 is 9.59 Å². The summed E-state index contributed by atoms with van der Waals surface area (Å²) in [5.74, 6) is 0. The molecule has 2 aromatic rings. The summed E-state index contributed by atoms with van der Waals surface area (Å²) in [5.41, 5.74) is 5.11. The number of hydrogen-bond acceptors (Lipinski definition) is 4. The van der Waals surface area contributed by atoms with Crippen molar-refractivity contribution in [1.29, 1.82) is 0 Å². The number of azo groups is 1. The van der Waals surface area contributed by atoms with Crippen LogP contribution < -0.4 is 0 Å². The average Bonchev–Trinajstić information content (AvgIpc) is 2.87. The van der Waals surface area contributed by atoms with Gasteiger partial charge in [0, 0.05) is 0 Å². The average molecular weight is 493 g/mol. The number of allylic oxidation sites excluding steroid dienone is 14. The number of hydrogen-bond donors (Lipinski definition) is 2. The predicted octanol–water partition coefficient (Wildman–Crippen LogP) is 8.25. The minimum atomic E-state index is -3.13. The molecule has 0 fully saturated rings. The Morgan fingerprint density at radius 1 is 0.556 bits per heavy atom. The van der Waals surface area contributed by atoms with Crippen molar-refractivity contribution in [3.8, 4) is 0 Å². The molecule has 5 heteroatoms. The molecular formula is C31H32N2O2Si. The van der Waals surface area contributed by atoms with Crippen molar-refractivity contribution in [2.24, 2.45) is 10.2 Å². The number of nitrogens with zero attached hydrogens (tertiary/aromatic N) is 2. The molecule has 0 atom stereocenters. The van der Waals surface area contributed by atoms with Crippen LogP contribution in [0.15, 0.2) is 156 Å². The van der Waals surface area contributed by atoms with Gasteiger partial charge in [-0.15, -0.1) is 0 Å². The Morgan fingerprint density at radius 3 is 1.31 bits per heavy atom. The summed E-state index contributed by atoms with van der Waals surface area (Å²) in [6.45, 7) is 5.05. The smallest absolute Gasteiger partial charge is 0.356 e. The predicted molar refractivity (Wildman–Crippen MR) is 156 cm³/mol. The maximum atomic E-state index is 9.32. The van der Waals surface area contributed by atoms with Gasteiger partial charge in [-0.2, -0.15) is 10.2 Å². The molecule has 0 heterocycles. The zero-order chi connectivity index (χ0) is 25.9. The van der Waals surface area contributed by atoms with E-state index >= 15 is 0 Å². The lowest BCUT2D eigenvalue weighted by Gasteiger charge is -2.01. The molecule has 2 rings (SSSR count). The van der Waals surface area contributed by atoms with E-state index in [1.54, 1.807) is 18.2 Å². The summed E-state index contributed by atoms with van der Waals surface area (Å²) < 4.78 is 0. The van der Waals surface area contributed by atoms with Crippen molar-refractivity contribution in [3.63, 3.8) is 0 Å². The molecule has 182 valence electrons. The molecule has 0 radical (unpaired) electrons. The van der Waals surface area contributed by atoms with Gasteiger partial charge in [-0.05, 0) is 47.6 Å². The third-order valence-electron chi connectivity index (χ3n) is 4.41. The molecule has 2 aromatic carbocycles. The minimum Gasteiger partial charge on any atom is -0.408 e. The van der Waals surface area contributed by atoms with Crippen LogP contribution in [0.5, 0.6) is 0 Å². The van der Waals surface area contributed by atoms with Gasteiger partial charge in [-0.1, -0.05) is 128 Å². The van der Waals surface area contributed by atoms with E-state index in [1.807, 2.05) is 128 Å². The first kappa shape index (κ1) is 28.1. The summed E-state index contributed by atoms with van der Waals surface area (Å²) in [5, 5.41) is 8.61. The second kappa shape index (κ2) is 16.5. The molecule has 0 bridgehead atoms. The van der Waals surface area contributed by atoms with Crippen molar-refractivity contribution >= 4 is 32.1 Å². The topological polar surface area (TPSA) is 65.2 Å². The van der Waals surface area contributed by atoms with Crippen molar-refractivity contribution in [3.05, 3.63) is 157 Å². The van der Waals surface area contributed by atoms with Gasteiger partial charge >= 0.3 is 8.56 Å². The summed E-state index contributed by atoms with van der Waals surface area (Å²) in [7, 11) is -3.13. The van der Waals surface area contributed by atoms with Crippen LogP contribution in [-0.2, 0) is 0 Å². The summed E-state index contributed by atoms with van der Waals surface area (Å²) in [6.07, 6.45) is 30.4. The van der Waals surface area contributed by atoms with Crippen LogP contribution in [-0.4, -0.2) is 18.2 Å². The van der Waals surface area contributed by atoms with Crippen LogP contribution in [0.25, 0.3) is 12.2 Å². The molecule has 0 amide bonds. The maximum absolute atomic E-state index is 9.32. The van der Waals surface area contributed by atoms with E-state index in [0.29, 0.717) is 0 Å². The SMILES string of the molecule is C=C/C=C/C=C/C=C/C=C/C=C/c1ccc(N=Nc2ccc(/C=C/C=C/C=C/[Si](C)(O)O)cc2)cc1. The van der Waals surface area contributed by atoms with Gasteiger partial charge in [-0.3, -0.25) is 0 Å². The third kappa shape index (κ3) is 13.5. The van der Waals surface area contributed by atoms with Crippen LogP contribution in [0, 0.1) is 0 Å². The van der Waals surface area contributed by atoms with E-state index in [4.69, 9.17) is 0 Å². The van der Waals surface area contributed by atoms with Crippen LogP contribution in [0.4, 0.5) is 11.4 Å². The largest absolute Gasteiger partial charge is 0.408 e. The van der Waals surface area contributed by atoms with Gasteiger partial charge in [0.05, 0.1) is 11.4 Å². The lowest BCUT2D eigenvalue weighted by atomic mass is 10.2. The van der Waals surface area contributed by atoms with Crippen molar-refractivity contribution < 1.29 is 9.59 Å². The Morgan fingerprint density at radius 2 is 0.917 bits per heavy atom. The zero-order valence-electron chi connectivity index (χ0n) is 20.4. The van der Waals surface area contributed by atoms with E-state index in [0.717, 1.165) is 22.5 Å². The van der Waals surface area contributed by atoms with E-state index in [9.17, 15) is 9.59 Å². The fraction of sp³-hybridized carbons (Fsp3) is 0.0323. The highest BCUT2D eigenvalue weighted by Crippen LogP contribution is 2.20. The molecule has 0 saturated carbocycles. The Hall–Kier alpha value is -4.16. The highest BCUT2D eigenvalue weighted by Gasteiger charge is 2.14. The molecule has 2 N–H and O–H groups in total. The fourth-order valence-electron chi connectivity index (χ4n) is 2.65. The minimum absolute atomic E-state index is 0.773. The monoisotopic (exact) mass is 492 g/mol. The van der Waals surface area contributed by atoms with Gasteiger partial charge in [0.15, 0.2) is 0 Å². The molecule has 0 aromatic heterocycles. The van der Waals surface area contributed by atoms with Crippen LogP contribution in [0.3, 0.4) is 0 Å². The first-order valence-electron chi connectivity index (χ1n) is 11.5. The van der Waals surface area contributed by atoms with Gasteiger partial charge in [-0.25, -0.2) is 0 Å². The standard InChI is InChI=1S/C31H32N2O2Si/c1-3-4-5-6-7-8-9-10-11-14-17-28-19-23-30(24-20-28)32-33-31-25-21-29(22-26-31)18-15-12-13-16-27-36(2,34)35/h3-27,34-35H,1H2,2H3/b5-4+,7-6+,9-8+,11-10+,13-12+,17-14+,18-15+,27-16+,33-32?. The first-order chi connectivity index (χ1) is 17.5. The summed E-state index contributed by atoms with van der Waals surface area (Å²) in [4.78, 5) is 18.6. The van der Waals surface area contributed by atoms with Crippen molar-refractivity contribution in [2.75, 3.05) is 0 Å². The van der Waals surface area contributed by atoms with E-state index < -0.39 is 8.56 Å². The molecule has 0 saturated heterocycles. The van der Waals surface area contributed by atoms with Crippen LogP contribution in [0.1, 0.15) is 11.1 Å². The Labute approximate surface area is 215 Å². The van der Waals surface area contributed by atoms with Crippen LogP contribution >= 0.6 is 0 Å². The van der Waals surface area contributed by atoms with Gasteiger partial charge in [0.2, 0.25) is 0 Å². The Bertz CT molecular complexity index is 1200. The van der Waals surface area contributed by atoms with Crippen molar-refractivity contribution in [2.45, 2.75) is 6.55 Å². The van der Waals surface area contributed by atoms with E-state index in [1.165, 1.54) is 12.2 Å². The quantitative estimate of drug-likeness (QED) is 0.178. The van der Waals surface area contributed by atoms with E-state index in [2.05, 4.69) is 16.8 Å². The zero-order valence-corrected chi connectivity index (χ0v) is 21.4. The molecule has 0 unspecified atom stereocenters. The lowest BCUT2D eigenvalue weighted by molar-refractivity contribution is 0.390. The number of rotatable bonds is 12. The first-order valence-corrected chi connectivity index (χ1v) is 14.0.